The van der Waals surface area contributed by atoms with E-state index in [1.807, 2.05) is 11.9 Å². The molecule has 17 heavy (non-hydrogen) atoms. The minimum absolute atomic E-state index is 0.247. The molecule has 100 valence electrons. The maximum atomic E-state index is 12.0. The zero-order chi connectivity index (χ0) is 12.7. The van der Waals surface area contributed by atoms with E-state index >= 15 is 0 Å². The molecule has 0 aromatic rings. The molecule has 0 radical (unpaired) electrons. The van der Waals surface area contributed by atoms with Gasteiger partial charge in [0.05, 0.1) is 6.54 Å². The van der Waals surface area contributed by atoms with Gasteiger partial charge in [0, 0.05) is 19.1 Å². The van der Waals surface area contributed by atoms with Crippen molar-refractivity contribution in [2.24, 2.45) is 0 Å². The van der Waals surface area contributed by atoms with Crippen LogP contribution >= 0.6 is 0 Å². The molecule has 1 amide bonds. The Morgan fingerprint density at radius 2 is 1.88 bits per heavy atom. The van der Waals surface area contributed by atoms with Gasteiger partial charge < -0.3 is 10.2 Å². The van der Waals surface area contributed by atoms with Crippen LogP contribution in [0.15, 0.2) is 0 Å². The minimum atomic E-state index is 0.247. The van der Waals surface area contributed by atoms with Crippen LogP contribution in [-0.4, -0.2) is 36.5 Å². The Hall–Kier alpha value is -0.570. The van der Waals surface area contributed by atoms with Crippen molar-refractivity contribution in [1.29, 1.82) is 0 Å². The molecule has 0 aromatic heterocycles. The van der Waals surface area contributed by atoms with Gasteiger partial charge in [-0.3, -0.25) is 4.79 Å². The van der Waals surface area contributed by atoms with Gasteiger partial charge in [0.15, 0.2) is 0 Å². The van der Waals surface area contributed by atoms with Crippen LogP contribution in [0.3, 0.4) is 0 Å². The Balaban J connectivity index is 2.33. The van der Waals surface area contributed by atoms with Crippen molar-refractivity contribution in [1.82, 2.24) is 10.2 Å². The molecule has 0 heterocycles. The van der Waals surface area contributed by atoms with Gasteiger partial charge in [0.2, 0.25) is 5.91 Å². The Morgan fingerprint density at radius 3 is 2.41 bits per heavy atom. The van der Waals surface area contributed by atoms with Crippen LogP contribution in [0.1, 0.15) is 58.8 Å². The summed E-state index contributed by atoms with van der Waals surface area (Å²) in [6, 6.07) is 0.908. The fourth-order valence-electron chi connectivity index (χ4n) is 2.38. The number of hydrogen-bond donors (Lipinski definition) is 1. The Morgan fingerprint density at radius 1 is 1.29 bits per heavy atom. The third kappa shape index (κ3) is 5.07. The maximum absolute atomic E-state index is 12.0. The summed E-state index contributed by atoms with van der Waals surface area (Å²) in [5.74, 6) is 0.247. The van der Waals surface area contributed by atoms with Crippen molar-refractivity contribution in [2.45, 2.75) is 70.9 Å². The van der Waals surface area contributed by atoms with Crippen LogP contribution in [0.2, 0.25) is 0 Å². The molecule has 1 aliphatic carbocycles. The molecule has 1 saturated carbocycles. The van der Waals surface area contributed by atoms with Gasteiger partial charge in [-0.2, -0.15) is 0 Å². The second-order valence-corrected chi connectivity index (χ2v) is 5.34. The van der Waals surface area contributed by atoms with E-state index in [0.717, 1.165) is 6.42 Å². The summed E-state index contributed by atoms with van der Waals surface area (Å²) >= 11 is 0. The zero-order valence-corrected chi connectivity index (χ0v) is 11.7. The first kappa shape index (κ1) is 14.5. The third-order valence-electron chi connectivity index (χ3n) is 3.98. The van der Waals surface area contributed by atoms with E-state index in [9.17, 15) is 4.79 Å². The van der Waals surface area contributed by atoms with Gasteiger partial charge in [0.25, 0.3) is 0 Å². The first-order valence-electron chi connectivity index (χ1n) is 7.14. The number of nitrogens with one attached hydrogen (secondary N) is 1. The molecule has 3 heteroatoms. The van der Waals surface area contributed by atoms with E-state index in [2.05, 4.69) is 19.2 Å². The van der Waals surface area contributed by atoms with E-state index < -0.39 is 0 Å². The highest BCUT2D eigenvalue weighted by molar-refractivity contribution is 5.78. The molecule has 0 spiro atoms. The van der Waals surface area contributed by atoms with Crippen molar-refractivity contribution in [3.63, 3.8) is 0 Å². The summed E-state index contributed by atoms with van der Waals surface area (Å²) in [5, 5.41) is 3.28. The lowest BCUT2D eigenvalue weighted by Crippen LogP contribution is -2.43. The second-order valence-electron chi connectivity index (χ2n) is 5.34. The summed E-state index contributed by atoms with van der Waals surface area (Å²) in [6.45, 7) is 4.75. The van der Waals surface area contributed by atoms with Crippen LogP contribution in [-0.2, 0) is 4.79 Å². The minimum Gasteiger partial charge on any atom is -0.342 e. The molecule has 1 atom stereocenters. The van der Waals surface area contributed by atoms with Gasteiger partial charge >= 0.3 is 0 Å². The van der Waals surface area contributed by atoms with Crippen LogP contribution in [0.25, 0.3) is 0 Å². The SMILES string of the molecule is CCC(C)NCC(=O)N(C)C1CCCCCC1. The number of hydrogen-bond acceptors (Lipinski definition) is 2. The molecule has 1 aliphatic rings. The van der Waals surface area contributed by atoms with Crippen molar-refractivity contribution in [3.05, 3.63) is 0 Å². The molecule has 1 unspecified atom stereocenters. The summed E-state index contributed by atoms with van der Waals surface area (Å²) in [4.78, 5) is 14.0. The molecular weight excluding hydrogens is 212 g/mol. The molecule has 0 aromatic carbocycles. The largest absolute Gasteiger partial charge is 0.342 e. The molecule has 0 aliphatic heterocycles. The van der Waals surface area contributed by atoms with Crippen molar-refractivity contribution < 1.29 is 4.79 Å². The average molecular weight is 240 g/mol. The zero-order valence-electron chi connectivity index (χ0n) is 11.7. The first-order chi connectivity index (χ1) is 8.15. The fourth-order valence-corrected chi connectivity index (χ4v) is 2.38. The predicted octanol–water partition coefficient (Wildman–Crippen LogP) is 2.56. The summed E-state index contributed by atoms with van der Waals surface area (Å²) in [7, 11) is 1.97. The van der Waals surface area contributed by atoms with E-state index in [1.54, 1.807) is 0 Å². The Kier molecular flexibility index (Phi) is 6.56. The predicted molar refractivity (Wildman–Crippen MR) is 72.0 cm³/mol. The molecule has 3 nitrogen and oxygen atoms in total. The smallest absolute Gasteiger partial charge is 0.236 e. The number of rotatable bonds is 5. The second kappa shape index (κ2) is 7.70. The van der Waals surface area contributed by atoms with Crippen LogP contribution in [0, 0.1) is 0 Å². The molecule has 1 rings (SSSR count). The molecule has 1 N–H and O–H groups in total. The molecular formula is C14H28N2O. The standard InChI is InChI=1S/C14H28N2O/c1-4-12(2)15-11-14(17)16(3)13-9-7-5-6-8-10-13/h12-13,15H,4-11H2,1-3H3. The van der Waals surface area contributed by atoms with Crippen LogP contribution in [0.5, 0.6) is 0 Å². The van der Waals surface area contributed by atoms with Gasteiger partial charge in [0.1, 0.15) is 0 Å². The first-order valence-corrected chi connectivity index (χ1v) is 7.14. The Bertz CT molecular complexity index is 222. The number of nitrogens with zero attached hydrogens (tertiary/aromatic N) is 1. The van der Waals surface area contributed by atoms with Crippen LogP contribution in [0.4, 0.5) is 0 Å². The quantitative estimate of drug-likeness (QED) is 0.749. The summed E-state index contributed by atoms with van der Waals surface area (Å²) in [5.41, 5.74) is 0. The number of carbonyl (C=O) groups is 1. The fraction of sp³-hybridized carbons (Fsp3) is 0.929. The van der Waals surface area contributed by atoms with Crippen molar-refractivity contribution >= 4 is 5.91 Å². The maximum Gasteiger partial charge on any atom is 0.236 e. The highest BCUT2D eigenvalue weighted by Crippen LogP contribution is 2.20. The van der Waals surface area contributed by atoms with Crippen LogP contribution < -0.4 is 5.32 Å². The lowest BCUT2D eigenvalue weighted by Gasteiger charge is -2.28. The lowest BCUT2D eigenvalue weighted by molar-refractivity contribution is -0.131. The van der Waals surface area contributed by atoms with Gasteiger partial charge in [-0.05, 0) is 26.2 Å². The van der Waals surface area contributed by atoms with Crippen molar-refractivity contribution in [2.75, 3.05) is 13.6 Å². The normalized spacial score (nSPS) is 19.7. The topological polar surface area (TPSA) is 32.3 Å². The number of likely N-dealkylation sites (N-methyl/N-ethyl adjacent to an activating group) is 1. The third-order valence-corrected chi connectivity index (χ3v) is 3.98. The summed E-state index contributed by atoms with van der Waals surface area (Å²) in [6.07, 6.45) is 8.67. The van der Waals surface area contributed by atoms with Gasteiger partial charge in [-0.15, -0.1) is 0 Å². The highest BCUT2D eigenvalue weighted by Gasteiger charge is 2.20. The van der Waals surface area contributed by atoms with E-state index in [-0.39, 0.29) is 5.91 Å². The highest BCUT2D eigenvalue weighted by atomic mass is 16.2. The van der Waals surface area contributed by atoms with E-state index in [0.29, 0.717) is 18.6 Å². The number of amides is 1. The number of carbonyl (C=O) groups excluding carboxylic acids is 1. The Labute approximate surface area is 106 Å². The lowest BCUT2D eigenvalue weighted by atomic mass is 10.1. The monoisotopic (exact) mass is 240 g/mol. The molecule has 0 bridgehead atoms. The van der Waals surface area contributed by atoms with Crippen molar-refractivity contribution in [3.8, 4) is 0 Å². The van der Waals surface area contributed by atoms with Gasteiger partial charge in [-0.25, -0.2) is 0 Å². The van der Waals surface area contributed by atoms with Gasteiger partial charge in [-0.1, -0.05) is 32.6 Å². The molecule has 1 fully saturated rings. The molecule has 0 saturated heterocycles. The average Bonchev–Trinajstić information content (AvgIpc) is 2.63. The van der Waals surface area contributed by atoms with E-state index in [1.165, 1.54) is 38.5 Å². The van der Waals surface area contributed by atoms with E-state index in [4.69, 9.17) is 0 Å². The summed E-state index contributed by atoms with van der Waals surface area (Å²) < 4.78 is 0.